The standard InChI is InChI=1S/C14H12N2O3S.C2H6.H2/c17-11-6-5-10(13(19)15-11)16-12(18)7-8-3-1-2-4-9(8)14(16)20;1-2;/h1-4,10H,5-7H2,(H,15,17,19);1-2H3;1H/t10-;;/m0../s1. The first kappa shape index (κ1) is 16.3. The molecule has 0 saturated carbocycles. The number of nitrogens with one attached hydrogen (secondary N) is 1. The van der Waals surface area contributed by atoms with Crippen LogP contribution in [0.4, 0.5) is 0 Å². The second-order valence-corrected chi connectivity index (χ2v) is 5.26. The van der Waals surface area contributed by atoms with E-state index in [0.29, 0.717) is 11.4 Å². The predicted octanol–water partition coefficient (Wildman–Crippen LogP) is 1.82. The Hall–Kier alpha value is -2.08. The third kappa shape index (κ3) is 2.92. The van der Waals surface area contributed by atoms with Crippen molar-refractivity contribution in [3.63, 3.8) is 0 Å². The highest BCUT2D eigenvalue weighted by Gasteiger charge is 2.39. The molecule has 0 unspecified atom stereocenters. The molecular weight excluding hydrogens is 300 g/mol. The zero-order chi connectivity index (χ0) is 16.3. The van der Waals surface area contributed by atoms with Crippen LogP contribution in [0.25, 0.3) is 0 Å². The third-order valence-electron chi connectivity index (χ3n) is 3.60. The van der Waals surface area contributed by atoms with E-state index in [-0.39, 0.29) is 26.1 Å². The van der Waals surface area contributed by atoms with Crippen LogP contribution in [0, 0.1) is 0 Å². The minimum absolute atomic E-state index is 0. The lowest BCUT2D eigenvalue weighted by molar-refractivity contribution is -0.142. The number of nitrogens with zero attached hydrogens (tertiary/aromatic N) is 1. The van der Waals surface area contributed by atoms with Gasteiger partial charge in [0.2, 0.25) is 17.7 Å². The van der Waals surface area contributed by atoms with Gasteiger partial charge in [-0.25, -0.2) is 0 Å². The van der Waals surface area contributed by atoms with Gasteiger partial charge in [-0.15, -0.1) is 0 Å². The monoisotopic (exact) mass is 320 g/mol. The minimum Gasteiger partial charge on any atom is -0.295 e. The van der Waals surface area contributed by atoms with Crippen molar-refractivity contribution < 1.29 is 15.8 Å². The van der Waals surface area contributed by atoms with Gasteiger partial charge in [0.15, 0.2) is 0 Å². The molecule has 5 nitrogen and oxygen atoms in total. The summed E-state index contributed by atoms with van der Waals surface area (Å²) in [4.78, 5) is 37.1. The average molecular weight is 320 g/mol. The van der Waals surface area contributed by atoms with Gasteiger partial charge in [0.1, 0.15) is 11.0 Å². The number of carbonyl (C=O) groups is 3. The largest absolute Gasteiger partial charge is 0.295 e. The number of piperidine rings is 1. The summed E-state index contributed by atoms with van der Waals surface area (Å²) in [6.07, 6.45) is 0.775. The number of thiocarbonyl (C=S) groups is 1. The maximum Gasteiger partial charge on any atom is 0.249 e. The number of carbonyl (C=O) groups excluding carboxylic acids is 3. The summed E-state index contributed by atoms with van der Waals surface area (Å²) in [6, 6.07) is 6.74. The molecule has 3 amide bonds. The number of hydrogen-bond donors (Lipinski definition) is 1. The van der Waals surface area contributed by atoms with Crippen molar-refractivity contribution in [2.24, 2.45) is 0 Å². The first-order valence-corrected chi connectivity index (χ1v) is 7.77. The molecule has 0 radical (unpaired) electrons. The molecule has 2 aliphatic rings. The molecule has 0 bridgehead atoms. The Morgan fingerprint density at radius 2 is 1.91 bits per heavy atom. The van der Waals surface area contributed by atoms with E-state index in [9.17, 15) is 14.4 Å². The molecule has 1 N–H and O–H groups in total. The highest BCUT2D eigenvalue weighted by Crippen LogP contribution is 2.25. The molecule has 0 spiro atoms. The quantitative estimate of drug-likeness (QED) is 0.633. The van der Waals surface area contributed by atoms with Crippen molar-refractivity contribution in [2.75, 3.05) is 0 Å². The lowest BCUT2D eigenvalue weighted by atomic mass is 9.95. The molecule has 22 heavy (non-hydrogen) atoms. The van der Waals surface area contributed by atoms with Crippen LogP contribution in [0.1, 0.15) is 39.2 Å². The van der Waals surface area contributed by atoms with Crippen LogP contribution in [-0.2, 0) is 20.8 Å². The number of rotatable bonds is 1. The van der Waals surface area contributed by atoms with Gasteiger partial charge in [-0.3, -0.25) is 24.6 Å². The summed E-state index contributed by atoms with van der Waals surface area (Å²) < 4.78 is 0. The Morgan fingerprint density at radius 1 is 1.23 bits per heavy atom. The summed E-state index contributed by atoms with van der Waals surface area (Å²) in [7, 11) is 0. The normalized spacial score (nSPS) is 20.8. The van der Waals surface area contributed by atoms with E-state index >= 15 is 0 Å². The van der Waals surface area contributed by atoms with Crippen molar-refractivity contribution in [2.45, 2.75) is 39.2 Å². The smallest absolute Gasteiger partial charge is 0.249 e. The molecule has 1 fully saturated rings. The topological polar surface area (TPSA) is 66.5 Å². The Morgan fingerprint density at radius 3 is 2.59 bits per heavy atom. The molecule has 3 rings (SSSR count). The molecule has 1 aromatic carbocycles. The van der Waals surface area contributed by atoms with Gasteiger partial charge in [0.25, 0.3) is 0 Å². The number of imide groups is 1. The van der Waals surface area contributed by atoms with Crippen molar-refractivity contribution >= 4 is 34.9 Å². The summed E-state index contributed by atoms with van der Waals surface area (Å²) in [6.45, 7) is 4.00. The first-order chi connectivity index (χ1) is 10.6. The Bertz CT molecular complexity index is 648. The second kappa shape index (κ2) is 6.79. The third-order valence-corrected chi connectivity index (χ3v) is 4.02. The number of hydrogen-bond acceptors (Lipinski definition) is 4. The van der Waals surface area contributed by atoms with Crippen LogP contribution in [0.5, 0.6) is 0 Å². The SMILES string of the molecule is CC.O=C1CC[C@H](N2C(=O)Cc3ccccc3C2=S)C(=O)N1.[HH]. The van der Waals surface area contributed by atoms with Crippen molar-refractivity contribution in [1.29, 1.82) is 0 Å². The fraction of sp³-hybridized carbons (Fsp3) is 0.375. The molecular formula is C16H20N2O3S. The lowest BCUT2D eigenvalue weighted by Gasteiger charge is -2.36. The Labute approximate surface area is 136 Å². The maximum absolute atomic E-state index is 12.3. The summed E-state index contributed by atoms with van der Waals surface area (Å²) >= 11 is 5.36. The van der Waals surface area contributed by atoms with Gasteiger partial charge in [0.05, 0.1) is 6.42 Å². The van der Waals surface area contributed by atoms with Gasteiger partial charge < -0.3 is 0 Å². The molecule has 6 heteroatoms. The fourth-order valence-corrected chi connectivity index (χ4v) is 3.05. The first-order valence-electron chi connectivity index (χ1n) is 7.36. The van der Waals surface area contributed by atoms with E-state index in [2.05, 4.69) is 5.32 Å². The molecule has 0 aromatic heterocycles. The van der Waals surface area contributed by atoms with E-state index < -0.39 is 11.9 Å². The summed E-state index contributed by atoms with van der Waals surface area (Å²) in [5.74, 6) is -0.943. The van der Waals surface area contributed by atoms with E-state index in [1.165, 1.54) is 4.90 Å². The van der Waals surface area contributed by atoms with Crippen LogP contribution in [-0.4, -0.2) is 33.7 Å². The Balaban J connectivity index is 0.000000849. The van der Waals surface area contributed by atoms with E-state index in [0.717, 1.165) is 11.1 Å². The molecule has 118 valence electrons. The van der Waals surface area contributed by atoms with E-state index in [1.54, 1.807) is 0 Å². The molecule has 1 saturated heterocycles. The van der Waals surface area contributed by atoms with Crippen LogP contribution in [0.15, 0.2) is 24.3 Å². The highest BCUT2D eigenvalue weighted by molar-refractivity contribution is 7.80. The van der Waals surface area contributed by atoms with Gasteiger partial charge in [-0.05, 0) is 12.0 Å². The Kier molecular flexibility index (Phi) is 5.03. The maximum atomic E-state index is 12.3. The minimum atomic E-state index is -0.680. The lowest BCUT2D eigenvalue weighted by Crippen LogP contribution is -2.57. The van der Waals surface area contributed by atoms with Crippen LogP contribution in [0.3, 0.4) is 0 Å². The second-order valence-electron chi connectivity index (χ2n) is 4.87. The van der Waals surface area contributed by atoms with E-state index in [4.69, 9.17) is 12.2 Å². The van der Waals surface area contributed by atoms with Crippen LogP contribution in [0.2, 0.25) is 0 Å². The predicted molar refractivity (Wildman–Crippen MR) is 88.3 cm³/mol. The van der Waals surface area contributed by atoms with Crippen LogP contribution < -0.4 is 5.32 Å². The van der Waals surface area contributed by atoms with E-state index in [1.807, 2.05) is 38.1 Å². The van der Waals surface area contributed by atoms with Gasteiger partial charge >= 0.3 is 0 Å². The molecule has 1 atom stereocenters. The molecule has 2 aliphatic heterocycles. The zero-order valence-electron chi connectivity index (χ0n) is 12.6. The number of amides is 3. The number of fused-ring (bicyclic) bond motifs is 1. The molecule has 2 heterocycles. The van der Waals surface area contributed by atoms with Gasteiger partial charge in [0, 0.05) is 13.4 Å². The van der Waals surface area contributed by atoms with Gasteiger partial charge in [-0.2, -0.15) is 0 Å². The number of benzene rings is 1. The van der Waals surface area contributed by atoms with Crippen LogP contribution >= 0.6 is 12.2 Å². The van der Waals surface area contributed by atoms with Crippen molar-refractivity contribution in [3.05, 3.63) is 35.4 Å². The molecule has 1 aromatic rings. The average Bonchev–Trinajstić information content (AvgIpc) is 2.51. The highest BCUT2D eigenvalue weighted by atomic mass is 32.1. The van der Waals surface area contributed by atoms with Crippen molar-refractivity contribution in [1.82, 2.24) is 10.2 Å². The fourth-order valence-electron chi connectivity index (χ4n) is 2.62. The van der Waals surface area contributed by atoms with Crippen molar-refractivity contribution in [3.8, 4) is 0 Å². The summed E-state index contributed by atoms with van der Waals surface area (Å²) in [5, 5.41) is 2.26. The van der Waals surface area contributed by atoms with Gasteiger partial charge in [-0.1, -0.05) is 50.3 Å². The molecule has 0 aliphatic carbocycles. The summed E-state index contributed by atoms with van der Waals surface area (Å²) in [5.41, 5.74) is 1.69. The zero-order valence-corrected chi connectivity index (χ0v) is 13.4.